The van der Waals surface area contributed by atoms with Crippen molar-refractivity contribution < 1.29 is 0 Å². The van der Waals surface area contributed by atoms with Gasteiger partial charge in [0.05, 0.1) is 0 Å². The molecule has 2 unspecified atom stereocenters. The second-order valence-electron chi connectivity index (χ2n) is 5.15. The summed E-state index contributed by atoms with van der Waals surface area (Å²) in [7, 11) is 2.24. The molecule has 0 bridgehead atoms. The Labute approximate surface area is 89.1 Å². The number of nitrogens with one attached hydrogen (secondary N) is 1. The lowest BCUT2D eigenvalue weighted by molar-refractivity contribution is 0.282. The Morgan fingerprint density at radius 3 is 2.57 bits per heavy atom. The van der Waals surface area contributed by atoms with Crippen LogP contribution in [0.3, 0.4) is 0 Å². The summed E-state index contributed by atoms with van der Waals surface area (Å²) in [6.07, 6.45) is 4.10. The van der Waals surface area contributed by atoms with Crippen molar-refractivity contribution in [2.75, 3.05) is 20.1 Å². The first-order chi connectivity index (χ1) is 6.59. The van der Waals surface area contributed by atoms with Crippen molar-refractivity contribution in [3.8, 4) is 0 Å². The SMILES string of the molecule is CC(C)C(C)NC1CCCCN(C)C1. The molecule has 1 saturated heterocycles. The standard InChI is InChI=1S/C12H26N2/c1-10(2)11(3)13-12-7-5-6-8-14(4)9-12/h10-13H,5-9H2,1-4H3. The number of likely N-dealkylation sites (N-methyl/N-ethyl adjacent to an activating group) is 1. The molecule has 0 saturated carbocycles. The van der Waals surface area contributed by atoms with Gasteiger partial charge in [0.2, 0.25) is 0 Å². The molecule has 1 heterocycles. The molecule has 0 aromatic heterocycles. The Kier molecular flexibility index (Phi) is 4.90. The van der Waals surface area contributed by atoms with Gasteiger partial charge < -0.3 is 10.2 Å². The Balaban J connectivity index is 2.34. The summed E-state index contributed by atoms with van der Waals surface area (Å²) < 4.78 is 0. The average molecular weight is 198 g/mol. The molecule has 84 valence electrons. The highest BCUT2D eigenvalue weighted by molar-refractivity contribution is 4.78. The van der Waals surface area contributed by atoms with E-state index in [1.807, 2.05) is 0 Å². The second-order valence-corrected chi connectivity index (χ2v) is 5.15. The molecule has 1 fully saturated rings. The molecule has 1 aliphatic heterocycles. The molecule has 14 heavy (non-hydrogen) atoms. The molecule has 0 aromatic rings. The summed E-state index contributed by atoms with van der Waals surface area (Å²) >= 11 is 0. The van der Waals surface area contributed by atoms with Crippen molar-refractivity contribution in [3.63, 3.8) is 0 Å². The van der Waals surface area contributed by atoms with Gasteiger partial charge in [-0.05, 0) is 39.3 Å². The quantitative estimate of drug-likeness (QED) is 0.747. The minimum absolute atomic E-state index is 0.645. The van der Waals surface area contributed by atoms with Crippen LogP contribution in [0.1, 0.15) is 40.0 Å². The second kappa shape index (κ2) is 5.72. The fourth-order valence-corrected chi connectivity index (χ4v) is 2.03. The molecule has 0 radical (unpaired) electrons. The van der Waals surface area contributed by atoms with Gasteiger partial charge in [0.25, 0.3) is 0 Å². The molecule has 1 rings (SSSR count). The first-order valence-electron chi connectivity index (χ1n) is 6.04. The zero-order valence-corrected chi connectivity index (χ0v) is 10.2. The van der Waals surface area contributed by atoms with E-state index in [2.05, 4.69) is 38.0 Å². The molecule has 1 aliphatic rings. The summed E-state index contributed by atoms with van der Waals surface area (Å²) in [4.78, 5) is 2.46. The van der Waals surface area contributed by atoms with Gasteiger partial charge >= 0.3 is 0 Å². The molecule has 2 heteroatoms. The lowest BCUT2D eigenvalue weighted by atomic mass is 10.0. The summed E-state index contributed by atoms with van der Waals surface area (Å²) in [5.74, 6) is 0.739. The molecule has 0 spiro atoms. The smallest absolute Gasteiger partial charge is 0.0197 e. The molecular weight excluding hydrogens is 172 g/mol. The first-order valence-corrected chi connectivity index (χ1v) is 6.04. The topological polar surface area (TPSA) is 15.3 Å². The maximum Gasteiger partial charge on any atom is 0.0197 e. The van der Waals surface area contributed by atoms with Crippen LogP contribution in [0, 0.1) is 5.92 Å². The Morgan fingerprint density at radius 1 is 1.21 bits per heavy atom. The van der Waals surface area contributed by atoms with Crippen LogP contribution in [-0.2, 0) is 0 Å². The van der Waals surface area contributed by atoms with E-state index in [0.717, 1.165) is 5.92 Å². The van der Waals surface area contributed by atoms with Gasteiger partial charge in [-0.15, -0.1) is 0 Å². The zero-order valence-electron chi connectivity index (χ0n) is 10.2. The van der Waals surface area contributed by atoms with E-state index >= 15 is 0 Å². The van der Waals surface area contributed by atoms with Crippen LogP contribution in [-0.4, -0.2) is 37.1 Å². The Bertz CT molecular complexity index is 156. The molecule has 0 aliphatic carbocycles. The van der Waals surface area contributed by atoms with Crippen LogP contribution in [0.4, 0.5) is 0 Å². The predicted octanol–water partition coefficient (Wildman–Crippen LogP) is 2.10. The van der Waals surface area contributed by atoms with E-state index in [9.17, 15) is 0 Å². The van der Waals surface area contributed by atoms with Crippen molar-refractivity contribution in [2.45, 2.75) is 52.1 Å². The fourth-order valence-electron chi connectivity index (χ4n) is 2.03. The van der Waals surface area contributed by atoms with E-state index in [-0.39, 0.29) is 0 Å². The third-order valence-corrected chi connectivity index (χ3v) is 3.37. The van der Waals surface area contributed by atoms with Crippen LogP contribution in [0.2, 0.25) is 0 Å². The van der Waals surface area contributed by atoms with Crippen LogP contribution in [0.5, 0.6) is 0 Å². The Hall–Kier alpha value is -0.0800. The lowest BCUT2D eigenvalue weighted by Crippen LogP contribution is -2.44. The van der Waals surface area contributed by atoms with Crippen LogP contribution in [0.25, 0.3) is 0 Å². The molecular formula is C12H26N2. The predicted molar refractivity (Wildman–Crippen MR) is 62.6 cm³/mol. The highest BCUT2D eigenvalue weighted by atomic mass is 15.1. The maximum absolute atomic E-state index is 3.75. The van der Waals surface area contributed by atoms with Crippen molar-refractivity contribution in [1.82, 2.24) is 10.2 Å². The van der Waals surface area contributed by atoms with Gasteiger partial charge in [0.15, 0.2) is 0 Å². The zero-order chi connectivity index (χ0) is 10.6. The van der Waals surface area contributed by atoms with Crippen molar-refractivity contribution in [3.05, 3.63) is 0 Å². The minimum Gasteiger partial charge on any atom is -0.310 e. The summed E-state index contributed by atoms with van der Waals surface area (Å²) in [5, 5.41) is 3.75. The van der Waals surface area contributed by atoms with Gasteiger partial charge in [0, 0.05) is 18.6 Å². The normalized spacial score (nSPS) is 27.6. The first kappa shape index (κ1) is 12.0. The number of nitrogens with zero attached hydrogens (tertiary/aromatic N) is 1. The van der Waals surface area contributed by atoms with Crippen molar-refractivity contribution in [2.24, 2.45) is 5.92 Å². The molecule has 1 N–H and O–H groups in total. The molecule has 2 atom stereocenters. The van der Waals surface area contributed by atoms with Gasteiger partial charge in [-0.3, -0.25) is 0 Å². The fraction of sp³-hybridized carbons (Fsp3) is 1.00. The van der Waals surface area contributed by atoms with E-state index < -0.39 is 0 Å². The molecule has 2 nitrogen and oxygen atoms in total. The molecule has 0 amide bonds. The van der Waals surface area contributed by atoms with E-state index in [1.165, 1.54) is 32.4 Å². The van der Waals surface area contributed by atoms with Crippen LogP contribution >= 0.6 is 0 Å². The van der Waals surface area contributed by atoms with Crippen LogP contribution < -0.4 is 5.32 Å². The summed E-state index contributed by atoms with van der Waals surface area (Å²) in [6.45, 7) is 9.37. The van der Waals surface area contributed by atoms with Crippen molar-refractivity contribution >= 4 is 0 Å². The van der Waals surface area contributed by atoms with Gasteiger partial charge in [-0.1, -0.05) is 20.3 Å². The highest BCUT2D eigenvalue weighted by Gasteiger charge is 2.18. The monoisotopic (exact) mass is 198 g/mol. The Morgan fingerprint density at radius 2 is 1.93 bits per heavy atom. The van der Waals surface area contributed by atoms with Gasteiger partial charge in [0.1, 0.15) is 0 Å². The third-order valence-electron chi connectivity index (χ3n) is 3.37. The number of rotatable bonds is 3. The number of hydrogen-bond acceptors (Lipinski definition) is 2. The third kappa shape index (κ3) is 3.97. The van der Waals surface area contributed by atoms with Crippen molar-refractivity contribution in [1.29, 1.82) is 0 Å². The van der Waals surface area contributed by atoms with Crippen LogP contribution in [0.15, 0.2) is 0 Å². The minimum atomic E-state index is 0.645. The summed E-state index contributed by atoms with van der Waals surface area (Å²) in [5.41, 5.74) is 0. The molecule has 0 aromatic carbocycles. The lowest BCUT2D eigenvalue weighted by Gasteiger charge is -2.27. The van der Waals surface area contributed by atoms with E-state index in [1.54, 1.807) is 0 Å². The highest BCUT2D eigenvalue weighted by Crippen LogP contribution is 2.11. The van der Waals surface area contributed by atoms with Gasteiger partial charge in [-0.25, -0.2) is 0 Å². The largest absolute Gasteiger partial charge is 0.310 e. The maximum atomic E-state index is 3.75. The number of likely N-dealkylation sites (tertiary alicyclic amines) is 1. The van der Waals surface area contributed by atoms with E-state index in [0.29, 0.717) is 12.1 Å². The average Bonchev–Trinajstić information content (AvgIpc) is 2.29. The summed E-state index contributed by atoms with van der Waals surface area (Å²) in [6, 6.07) is 1.35. The van der Waals surface area contributed by atoms with Gasteiger partial charge in [-0.2, -0.15) is 0 Å². The number of hydrogen-bond donors (Lipinski definition) is 1. The van der Waals surface area contributed by atoms with E-state index in [4.69, 9.17) is 0 Å².